The molecule has 0 N–H and O–H groups in total. The van der Waals surface area contributed by atoms with Crippen molar-refractivity contribution in [1.29, 1.82) is 0 Å². The monoisotopic (exact) mass is 272 g/mol. The number of hydrogen-bond donors (Lipinski definition) is 0. The first kappa shape index (κ1) is 12.2. The highest BCUT2D eigenvalue weighted by Crippen LogP contribution is 2.27. The highest BCUT2D eigenvalue weighted by molar-refractivity contribution is 9.10. The number of benzene rings is 1. The maximum Gasteiger partial charge on any atom is 0.153 e. The number of para-hydroxylation sites is 1. The van der Waals surface area contributed by atoms with Crippen LogP contribution in [0.3, 0.4) is 0 Å². The molecule has 82 valence electrons. The minimum absolute atomic E-state index is 0.539. The summed E-state index contributed by atoms with van der Waals surface area (Å²) < 4.78 is 11.2. The van der Waals surface area contributed by atoms with Crippen LogP contribution in [-0.4, -0.2) is 26.6 Å². The number of halogens is 1. The van der Waals surface area contributed by atoms with E-state index in [0.717, 1.165) is 17.2 Å². The minimum Gasteiger partial charge on any atom is -0.492 e. The zero-order valence-electron chi connectivity index (χ0n) is 8.53. The molecule has 0 spiro atoms. The summed E-state index contributed by atoms with van der Waals surface area (Å²) >= 11 is 3.34. The second-order valence-electron chi connectivity index (χ2n) is 2.97. The summed E-state index contributed by atoms with van der Waals surface area (Å²) in [4.78, 5) is 10.7. The molecule has 0 heterocycles. The van der Waals surface area contributed by atoms with Crippen LogP contribution in [0.25, 0.3) is 0 Å². The molecule has 0 fully saturated rings. The molecule has 0 amide bonds. The maximum absolute atomic E-state index is 10.7. The Morgan fingerprint density at radius 1 is 1.40 bits per heavy atom. The summed E-state index contributed by atoms with van der Waals surface area (Å²) in [6, 6.07) is 5.37. The van der Waals surface area contributed by atoms with Gasteiger partial charge in [0.05, 0.1) is 16.6 Å². The average Bonchev–Trinajstić information content (AvgIpc) is 2.26. The van der Waals surface area contributed by atoms with Crippen LogP contribution in [0.4, 0.5) is 0 Å². The van der Waals surface area contributed by atoms with Crippen molar-refractivity contribution < 1.29 is 14.3 Å². The Kier molecular flexibility index (Phi) is 5.36. The summed E-state index contributed by atoms with van der Waals surface area (Å²) in [5.74, 6) is 0.601. The zero-order chi connectivity index (χ0) is 11.1. The van der Waals surface area contributed by atoms with E-state index in [0.29, 0.717) is 24.5 Å². The van der Waals surface area contributed by atoms with Crippen molar-refractivity contribution in [3.05, 3.63) is 28.2 Å². The summed E-state index contributed by atoms with van der Waals surface area (Å²) in [5.41, 5.74) is 0.557. The Morgan fingerprint density at radius 3 is 2.87 bits per heavy atom. The normalized spacial score (nSPS) is 10.0. The van der Waals surface area contributed by atoms with Gasteiger partial charge in [-0.15, -0.1) is 0 Å². The zero-order valence-corrected chi connectivity index (χ0v) is 10.1. The van der Waals surface area contributed by atoms with Crippen LogP contribution in [0, 0.1) is 0 Å². The van der Waals surface area contributed by atoms with Crippen molar-refractivity contribution in [2.24, 2.45) is 0 Å². The third-order valence-corrected chi connectivity index (χ3v) is 2.49. The fraction of sp³-hybridized carbons (Fsp3) is 0.364. The van der Waals surface area contributed by atoms with Crippen LogP contribution in [0.15, 0.2) is 22.7 Å². The van der Waals surface area contributed by atoms with Gasteiger partial charge in [0.2, 0.25) is 0 Å². The molecule has 0 saturated carbocycles. The van der Waals surface area contributed by atoms with E-state index in [4.69, 9.17) is 9.47 Å². The molecule has 0 saturated heterocycles. The summed E-state index contributed by atoms with van der Waals surface area (Å²) in [7, 11) is 1.65. The summed E-state index contributed by atoms with van der Waals surface area (Å²) in [6.45, 7) is 1.19. The number of ether oxygens (including phenoxy) is 2. The second-order valence-corrected chi connectivity index (χ2v) is 3.83. The van der Waals surface area contributed by atoms with Crippen LogP contribution in [0.5, 0.6) is 5.75 Å². The highest BCUT2D eigenvalue weighted by atomic mass is 79.9. The van der Waals surface area contributed by atoms with Gasteiger partial charge < -0.3 is 9.47 Å². The van der Waals surface area contributed by atoms with Crippen molar-refractivity contribution in [1.82, 2.24) is 0 Å². The Hall–Kier alpha value is -0.870. The summed E-state index contributed by atoms with van der Waals surface area (Å²) in [5, 5.41) is 0. The molecule has 0 aliphatic heterocycles. The Morgan fingerprint density at radius 2 is 2.20 bits per heavy atom. The molecule has 1 aromatic rings. The van der Waals surface area contributed by atoms with E-state index in [2.05, 4.69) is 15.9 Å². The molecular formula is C11H13BrO3. The van der Waals surface area contributed by atoms with Gasteiger partial charge in [0.25, 0.3) is 0 Å². The van der Waals surface area contributed by atoms with E-state index in [1.54, 1.807) is 19.2 Å². The number of carbonyl (C=O) groups is 1. The van der Waals surface area contributed by atoms with Gasteiger partial charge in [-0.25, -0.2) is 0 Å². The topological polar surface area (TPSA) is 35.5 Å². The van der Waals surface area contributed by atoms with Crippen LogP contribution < -0.4 is 4.74 Å². The SMILES string of the molecule is COCCCOc1c(Br)cccc1C=O. The van der Waals surface area contributed by atoms with Gasteiger partial charge in [-0.3, -0.25) is 4.79 Å². The first-order chi connectivity index (χ1) is 7.29. The molecule has 0 aromatic heterocycles. The molecule has 1 aromatic carbocycles. The second kappa shape index (κ2) is 6.58. The van der Waals surface area contributed by atoms with Crippen LogP contribution in [0.1, 0.15) is 16.8 Å². The van der Waals surface area contributed by atoms with Gasteiger partial charge in [0.15, 0.2) is 6.29 Å². The third-order valence-electron chi connectivity index (χ3n) is 1.86. The number of hydrogen-bond acceptors (Lipinski definition) is 3. The van der Waals surface area contributed by atoms with E-state index in [1.165, 1.54) is 0 Å². The third kappa shape index (κ3) is 3.64. The Bertz CT molecular complexity index is 326. The van der Waals surface area contributed by atoms with Crippen molar-refractivity contribution in [2.45, 2.75) is 6.42 Å². The number of methoxy groups -OCH3 is 1. The molecule has 3 nitrogen and oxygen atoms in total. The predicted octanol–water partition coefficient (Wildman–Crippen LogP) is 2.68. The van der Waals surface area contributed by atoms with E-state index >= 15 is 0 Å². The first-order valence-corrected chi connectivity index (χ1v) is 5.44. The molecule has 15 heavy (non-hydrogen) atoms. The van der Waals surface area contributed by atoms with Gasteiger partial charge in [-0.1, -0.05) is 6.07 Å². The number of carbonyl (C=O) groups excluding carboxylic acids is 1. The molecule has 0 atom stereocenters. The van der Waals surface area contributed by atoms with Crippen molar-refractivity contribution in [3.8, 4) is 5.75 Å². The Balaban J connectivity index is 2.62. The molecule has 0 unspecified atom stereocenters. The smallest absolute Gasteiger partial charge is 0.153 e. The fourth-order valence-electron chi connectivity index (χ4n) is 1.15. The van der Waals surface area contributed by atoms with E-state index in [9.17, 15) is 4.79 Å². The van der Waals surface area contributed by atoms with Gasteiger partial charge in [0.1, 0.15) is 5.75 Å². The van der Waals surface area contributed by atoms with Crippen molar-refractivity contribution in [3.63, 3.8) is 0 Å². The van der Waals surface area contributed by atoms with Crippen molar-refractivity contribution in [2.75, 3.05) is 20.3 Å². The lowest BCUT2D eigenvalue weighted by atomic mass is 10.2. The molecule has 1 rings (SSSR count). The maximum atomic E-state index is 10.7. The standard InChI is InChI=1S/C11H13BrO3/c1-14-6-3-7-15-11-9(8-13)4-2-5-10(11)12/h2,4-5,8H,3,6-7H2,1H3. The minimum atomic E-state index is 0.539. The van der Waals surface area contributed by atoms with Gasteiger partial charge in [-0.05, 0) is 28.1 Å². The van der Waals surface area contributed by atoms with Crippen LogP contribution >= 0.6 is 15.9 Å². The largest absolute Gasteiger partial charge is 0.492 e. The van der Waals surface area contributed by atoms with Crippen LogP contribution in [0.2, 0.25) is 0 Å². The molecule has 0 bridgehead atoms. The average molecular weight is 273 g/mol. The van der Waals surface area contributed by atoms with Crippen LogP contribution in [-0.2, 0) is 4.74 Å². The molecule has 0 aliphatic rings. The summed E-state index contributed by atoms with van der Waals surface area (Å²) in [6.07, 6.45) is 1.59. The molecule has 4 heteroatoms. The van der Waals surface area contributed by atoms with Crippen molar-refractivity contribution >= 4 is 22.2 Å². The number of rotatable bonds is 6. The highest BCUT2D eigenvalue weighted by Gasteiger charge is 2.06. The Labute approximate surface area is 97.5 Å². The molecular weight excluding hydrogens is 260 g/mol. The van der Waals surface area contributed by atoms with E-state index in [1.807, 2.05) is 6.07 Å². The molecule has 0 aliphatic carbocycles. The number of aldehydes is 1. The van der Waals surface area contributed by atoms with E-state index < -0.39 is 0 Å². The van der Waals surface area contributed by atoms with Gasteiger partial charge in [0, 0.05) is 20.1 Å². The lowest BCUT2D eigenvalue weighted by molar-refractivity contribution is 0.111. The van der Waals surface area contributed by atoms with E-state index in [-0.39, 0.29) is 0 Å². The molecule has 0 radical (unpaired) electrons. The van der Waals surface area contributed by atoms with Gasteiger partial charge in [-0.2, -0.15) is 0 Å². The lowest BCUT2D eigenvalue weighted by Crippen LogP contribution is -2.03. The quantitative estimate of drug-likeness (QED) is 0.590. The first-order valence-electron chi connectivity index (χ1n) is 4.65. The predicted molar refractivity (Wildman–Crippen MR) is 61.5 cm³/mol. The fourth-order valence-corrected chi connectivity index (χ4v) is 1.64. The van der Waals surface area contributed by atoms with Gasteiger partial charge >= 0.3 is 0 Å². The lowest BCUT2D eigenvalue weighted by Gasteiger charge is -2.09.